The van der Waals surface area contributed by atoms with E-state index in [-0.39, 0.29) is 30.7 Å². The third kappa shape index (κ3) is 6.92. The predicted molar refractivity (Wildman–Crippen MR) is 150 cm³/mol. The molecule has 1 atom stereocenters. The van der Waals surface area contributed by atoms with Gasteiger partial charge in [-0.1, -0.05) is 55.8 Å². The van der Waals surface area contributed by atoms with Crippen LogP contribution in [0.4, 0.5) is 11.4 Å². The van der Waals surface area contributed by atoms with E-state index in [4.69, 9.17) is 16.3 Å². The molecule has 1 aliphatic rings. The molecule has 0 radical (unpaired) electrons. The van der Waals surface area contributed by atoms with Gasteiger partial charge in [0, 0.05) is 35.9 Å². The fraction of sp³-hybridized carbons (Fsp3) is 0.300. The lowest BCUT2D eigenvalue weighted by molar-refractivity contribution is -0.126. The number of rotatable bonds is 9. The van der Waals surface area contributed by atoms with Crippen LogP contribution in [0.15, 0.2) is 66.7 Å². The molecular weight excluding hydrogens is 502 g/mol. The molecule has 3 aromatic rings. The highest BCUT2D eigenvalue weighted by Gasteiger charge is 2.35. The monoisotopic (exact) mass is 533 g/mol. The summed E-state index contributed by atoms with van der Waals surface area (Å²) in [6, 6.07) is 20.4. The second-order valence-electron chi connectivity index (χ2n) is 9.81. The fourth-order valence-corrected chi connectivity index (χ4v) is 4.45. The zero-order valence-electron chi connectivity index (χ0n) is 21.8. The largest absolute Gasteiger partial charge is 0.484 e. The van der Waals surface area contributed by atoms with Crippen molar-refractivity contribution in [2.45, 2.75) is 39.7 Å². The van der Waals surface area contributed by atoms with Gasteiger partial charge in [-0.05, 0) is 65.9 Å². The molecule has 0 saturated carbocycles. The van der Waals surface area contributed by atoms with Crippen LogP contribution in [-0.2, 0) is 20.9 Å². The first-order valence-electron chi connectivity index (χ1n) is 12.7. The third-order valence-corrected chi connectivity index (χ3v) is 6.84. The Hall–Kier alpha value is -3.84. The van der Waals surface area contributed by atoms with E-state index in [1.54, 1.807) is 41.3 Å². The van der Waals surface area contributed by atoms with E-state index in [1.807, 2.05) is 25.1 Å². The number of nitrogens with one attached hydrogen (secondary N) is 2. The molecule has 0 unspecified atom stereocenters. The summed E-state index contributed by atoms with van der Waals surface area (Å²) in [6.07, 6.45) is 0.166. The minimum absolute atomic E-state index is 0.101. The van der Waals surface area contributed by atoms with Gasteiger partial charge in [0.2, 0.25) is 11.8 Å². The first-order chi connectivity index (χ1) is 18.2. The van der Waals surface area contributed by atoms with Gasteiger partial charge < -0.3 is 20.3 Å². The van der Waals surface area contributed by atoms with Crippen molar-refractivity contribution in [3.63, 3.8) is 0 Å². The van der Waals surface area contributed by atoms with Gasteiger partial charge in [0.15, 0.2) is 6.61 Å². The number of hydrogen-bond donors (Lipinski definition) is 2. The number of carbonyl (C=O) groups is 3. The maximum atomic E-state index is 12.7. The highest BCUT2D eigenvalue weighted by atomic mass is 35.5. The summed E-state index contributed by atoms with van der Waals surface area (Å²) in [6.45, 7) is 6.74. The van der Waals surface area contributed by atoms with Crippen LogP contribution >= 0.6 is 11.6 Å². The van der Waals surface area contributed by atoms with E-state index < -0.39 is 5.92 Å². The number of carbonyl (C=O) groups excluding carboxylic acids is 3. The maximum Gasteiger partial charge on any atom is 0.262 e. The molecule has 0 bridgehead atoms. The van der Waals surface area contributed by atoms with Gasteiger partial charge in [0.05, 0.1) is 5.92 Å². The van der Waals surface area contributed by atoms with Crippen LogP contribution in [0.5, 0.6) is 5.75 Å². The average molecular weight is 534 g/mol. The van der Waals surface area contributed by atoms with Gasteiger partial charge in [-0.15, -0.1) is 0 Å². The lowest BCUT2D eigenvalue weighted by Crippen LogP contribution is -2.32. The number of hydrogen-bond acceptors (Lipinski definition) is 4. The van der Waals surface area contributed by atoms with Crippen LogP contribution in [0.1, 0.15) is 42.9 Å². The smallest absolute Gasteiger partial charge is 0.262 e. The quantitative estimate of drug-likeness (QED) is 0.382. The van der Waals surface area contributed by atoms with E-state index in [0.717, 1.165) is 11.1 Å². The maximum absolute atomic E-state index is 12.7. The van der Waals surface area contributed by atoms with E-state index in [0.29, 0.717) is 41.2 Å². The summed E-state index contributed by atoms with van der Waals surface area (Å²) in [5.41, 5.74) is 4.49. The number of benzene rings is 3. The first-order valence-corrected chi connectivity index (χ1v) is 13.0. The van der Waals surface area contributed by atoms with Crippen LogP contribution in [0.25, 0.3) is 0 Å². The highest BCUT2D eigenvalue weighted by molar-refractivity contribution is 6.31. The minimum Gasteiger partial charge on any atom is -0.484 e. The van der Waals surface area contributed by atoms with E-state index in [2.05, 4.69) is 36.6 Å². The molecule has 38 heavy (non-hydrogen) atoms. The van der Waals surface area contributed by atoms with Crippen LogP contribution < -0.4 is 20.3 Å². The summed E-state index contributed by atoms with van der Waals surface area (Å²) >= 11 is 6.00. The molecule has 3 aromatic carbocycles. The topological polar surface area (TPSA) is 87.7 Å². The second-order valence-corrected chi connectivity index (χ2v) is 10.2. The lowest BCUT2D eigenvalue weighted by Gasteiger charge is -2.17. The van der Waals surface area contributed by atoms with Crippen molar-refractivity contribution in [2.75, 3.05) is 23.4 Å². The highest BCUT2D eigenvalue weighted by Crippen LogP contribution is 2.27. The Morgan fingerprint density at radius 2 is 1.76 bits per heavy atom. The van der Waals surface area contributed by atoms with Crippen LogP contribution in [-0.4, -0.2) is 30.9 Å². The molecule has 1 aliphatic heterocycles. The molecule has 0 aromatic heterocycles. The second kappa shape index (κ2) is 12.1. The summed E-state index contributed by atoms with van der Waals surface area (Å²) in [7, 11) is 0. The average Bonchev–Trinajstić information content (AvgIpc) is 3.30. The number of halogens is 1. The van der Waals surface area contributed by atoms with Gasteiger partial charge in [-0.3, -0.25) is 14.4 Å². The van der Waals surface area contributed by atoms with Gasteiger partial charge in [0.25, 0.3) is 5.91 Å². The molecule has 0 aliphatic carbocycles. The van der Waals surface area contributed by atoms with Crippen LogP contribution in [0.3, 0.4) is 0 Å². The molecule has 7 nitrogen and oxygen atoms in total. The van der Waals surface area contributed by atoms with Crippen molar-refractivity contribution in [3.05, 3.63) is 88.4 Å². The third-order valence-electron chi connectivity index (χ3n) is 6.60. The number of ether oxygens (including phenoxy) is 1. The molecule has 198 valence electrons. The summed E-state index contributed by atoms with van der Waals surface area (Å²) < 4.78 is 5.60. The Balaban J connectivity index is 1.26. The molecule has 1 fully saturated rings. The molecule has 0 spiro atoms. The predicted octanol–water partition coefficient (Wildman–Crippen LogP) is 5.46. The van der Waals surface area contributed by atoms with Crippen LogP contribution in [0, 0.1) is 12.8 Å². The molecule has 1 heterocycles. The fourth-order valence-electron chi connectivity index (χ4n) is 4.27. The van der Waals surface area contributed by atoms with Crippen molar-refractivity contribution in [2.24, 2.45) is 5.92 Å². The zero-order valence-corrected chi connectivity index (χ0v) is 22.5. The number of aryl methyl sites for hydroxylation is 1. The molecule has 1 saturated heterocycles. The van der Waals surface area contributed by atoms with Gasteiger partial charge in [-0.25, -0.2) is 0 Å². The standard InChI is InChI=1S/C30H32ClN3O4/c1-19(2)22-7-5-21(6-8-22)16-32-30(37)23-14-29(36)34(17-23)25-10-12-26(13-11-25)38-18-28(35)33-27-15-24(31)9-4-20(27)3/h4-13,15,19,23H,14,16-18H2,1-3H3,(H,32,37)(H,33,35)/t23-/m1/s1. The molecule has 2 N–H and O–H groups in total. The van der Waals surface area contributed by atoms with E-state index in [9.17, 15) is 14.4 Å². The Morgan fingerprint density at radius 1 is 1.05 bits per heavy atom. The van der Waals surface area contributed by atoms with E-state index in [1.165, 1.54) is 5.56 Å². The lowest BCUT2D eigenvalue weighted by atomic mass is 10.0. The molecular formula is C30H32ClN3O4. The number of nitrogens with zero attached hydrogens (tertiary/aromatic N) is 1. The number of anilines is 2. The van der Waals surface area contributed by atoms with Crippen molar-refractivity contribution < 1.29 is 19.1 Å². The van der Waals surface area contributed by atoms with Crippen molar-refractivity contribution >= 4 is 40.7 Å². The summed E-state index contributed by atoms with van der Waals surface area (Å²) in [4.78, 5) is 39.3. The molecule has 8 heteroatoms. The summed E-state index contributed by atoms with van der Waals surface area (Å²) in [5, 5.41) is 6.28. The van der Waals surface area contributed by atoms with Gasteiger partial charge in [-0.2, -0.15) is 0 Å². The Labute approximate surface area is 228 Å². The Kier molecular flexibility index (Phi) is 8.69. The van der Waals surface area contributed by atoms with Gasteiger partial charge in [0.1, 0.15) is 5.75 Å². The Bertz CT molecular complexity index is 1310. The van der Waals surface area contributed by atoms with Crippen molar-refractivity contribution in [3.8, 4) is 5.75 Å². The summed E-state index contributed by atoms with van der Waals surface area (Å²) in [5.74, 6) is 0.00592. The first kappa shape index (κ1) is 27.2. The minimum atomic E-state index is -0.410. The van der Waals surface area contributed by atoms with Crippen molar-refractivity contribution in [1.29, 1.82) is 0 Å². The molecule has 4 rings (SSSR count). The van der Waals surface area contributed by atoms with Crippen molar-refractivity contribution in [1.82, 2.24) is 5.32 Å². The number of amides is 3. The zero-order chi connectivity index (χ0) is 27.2. The SMILES string of the molecule is Cc1ccc(Cl)cc1NC(=O)COc1ccc(N2C[C@H](C(=O)NCc3ccc(C(C)C)cc3)CC2=O)cc1. The van der Waals surface area contributed by atoms with E-state index >= 15 is 0 Å². The molecule has 3 amide bonds. The Morgan fingerprint density at radius 3 is 2.45 bits per heavy atom. The van der Waals surface area contributed by atoms with Crippen LogP contribution in [0.2, 0.25) is 5.02 Å². The normalized spacial score (nSPS) is 15.0. The van der Waals surface area contributed by atoms with Gasteiger partial charge >= 0.3 is 0 Å².